The van der Waals surface area contributed by atoms with Crippen molar-refractivity contribution >= 4 is 23.6 Å². The highest BCUT2D eigenvalue weighted by Gasteiger charge is 2.29. The van der Waals surface area contributed by atoms with Gasteiger partial charge in [-0.05, 0) is 18.3 Å². The molecule has 0 radical (unpaired) electrons. The Bertz CT molecular complexity index is 712. The normalized spacial score (nSPS) is 12.0. The standard InChI is InChI=1S/C19H29N5O4/c1-6-7-8-14(22-19(27)28-16(11(2)3)12(4)5)15(25)18(26)23-17-13(9-20)10-21-24-17/h10-12,14,16H,6-8H2,1-5H3,(H,22,27)(H2,21,23,24,26)/t14-/m0/s1. The molecule has 9 nitrogen and oxygen atoms in total. The first-order chi connectivity index (χ1) is 13.2. The Balaban J connectivity index is 2.82. The zero-order valence-corrected chi connectivity index (χ0v) is 17.0. The molecular formula is C19H29N5O4. The van der Waals surface area contributed by atoms with Crippen molar-refractivity contribution in [3.8, 4) is 6.07 Å². The second-order valence-corrected chi connectivity index (χ2v) is 7.29. The van der Waals surface area contributed by atoms with E-state index in [0.29, 0.717) is 12.8 Å². The van der Waals surface area contributed by atoms with Crippen molar-refractivity contribution in [2.24, 2.45) is 11.8 Å². The summed E-state index contributed by atoms with van der Waals surface area (Å²) in [5.41, 5.74) is 0.107. The van der Waals surface area contributed by atoms with Crippen LogP contribution in [0.2, 0.25) is 0 Å². The summed E-state index contributed by atoms with van der Waals surface area (Å²) in [7, 11) is 0. The molecular weight excluding hydrogens is 362 g/mol. The molecule has 0 aromatic carbocycles. The van der Waals surface area contributed by atoms with E-state index in [-0.39, 0.29) is 29.3 Å². The number of nitrogens with one attached hydrogen (secondary N) is 3. The molecule has 154 valence electrons. The summed E-state index contributed by atoms with van der Waals surface area (Å²) >= 11 is 0. The number of nitrogens with zero attached hydrogens (tertiary/aromatic N) is 2. The number of ketones is 1. The number of hydrogen-bond acceptors (Lipinski definition) is 6. The Morgan fingerprint density at radius 2 is 1.89 bits per heavy atom. The number of amides is 2. The van der Waals surface area contributed by atoms with Crippen molar-refractivity contribution in [2.75, 3.05) is 5.32 Å². The van der Waals surface area contributed by atoms with Crippen LogP contribution in [0.1, 0.15) is 59.4 Å². The maximum atomic E-state index is 12.6. The molecule has 0 spiro atoms. The largest absolute Gasteiger partial charge is 0.446 e. The van der Waals surface area contributed by atoms with Crippen LogP contribution in [-0.2, 0) is 14.3 Å². The number of Topliss-reactive ketones (excluding diaryl/α,β-unsaturated/α-hetero) is 1. The third kappa shape index (κ3) is 6.68. The quantitative estimate of drug-likeness (QED) is 0.524. The lowest BCUT2D eigenvalue weighted by molar-refractivity contribution is -0.136. The van der Waals surface area contributed by atoms with E-state index >= 15 is 0 Å². The van der Waals surface area contributed by atoms with Crippen molar-refractivity contribution in [3.05, 3.63) is 11.8 Å². The summed E-state index contributed by atoms with van der Waals surface area (Å²) in [5, 5.41) is 19.9. The molecule has 3 N–H and O–H groups in total. The van der Waals surface area contributed by atoms with Gasteiger partial charge in [0, 0.05) is 0 Å². The molecule has 0 saturated carbocycles. The third-order valence-corrected chi connectivity index (χ3v) is 4.23. The Hall–Kier alpha value is -2.89. The van der Waals surface area contributed by atoms with Crippen molar-refractivity contribution in [1.29, 1.82) is 5.26 Å². The van der Waals surface area contributed by atoms with E-state index in [9.17, 15) is 14.4 Å². The fraction of sp³-hybridized carbons (Fsp3) is 0.632. The van der Waals surface area contributed by atoms with Gasteiger partial charge in [-0.1, -0.05) is 47.5 Å². The number of anilines is 1. The van der Waals surface area contributed by atoms with Gasteiger partial charge < -0.3 is 15.4 Å². The lowest BCUT2D eigenvalue weighted by Crippen LogP contribution is -2.47. The highest BCUT2D eigenvalue weighted by atomic mass is 16.6. The minimum atomic E-state index is -1.01. The summed E-state index contributed by atoms with van der Waals surface area (Å²) in [4.78, 5) is 37.2. The van der Waals surface area contributed by atoms with Crippen LogP contribution in [0.15, 0.2) is 6.20 Å². The smallest absolute Gasteiger partial charge is 0.408 e. The van der Waals surface area contributed by atoms with Crippen LogP contribution in [0.25, 0.3) is 0 Å². The Morgan fingerprint density at radius 1 is 1.25 bits per heavy atom. The van der Waals surface area contributed by atoms with Crippen LogP contribution in [0.4, 0.5) is 10.6 Å². The lowest BCUT2D eigenvalue weighted by Gasteiger charge is -2.26. The van der Waals surface area contributed by atoms with Crippen LogP contribution < -0.4 is 10.6 Å². The summed E-state index contributed by atoms with van der Waals surface area (Å²) < 4.78 is 5.46. The Kier molecular flexibility index (Phi) is 9.15. The Labute approximate surface area is 165 Å². The maximum Gasteiger partial charge on any atom is 0.408 e. The van der Waals surface area contributed by atoms with Gasteiger partial charge >= 0.3 is 6.09 Å². The molecule has 0 unspecified atom stereocenters. The average molecular weight is 391 g/mol. The van der Waals surface area contributed by atoms with Crippen molar-refractivity contribution < 1.29 is 19.1 Å². The van der Waals surface area contributed by atoms with E-state index in [4.69, 9.17) is 10.00 Å². The first-order valence-corrected chi connectivity index (χ1v) is 9.47. The number of carbonyl (C=O) groups excluding carboxylic acids is 3. The fourth-order valence-corrected chi connectivity index (χ4v) is 2.82. The van der Waals surface area contributed by atoms with E-state index < -0.39 is 23.8 Å². The summed E-state index contributed by atoms with van der Waals surface area (Å²) in [6, 6.07) is 0.836. The number of aromatic amines is 1. The van der Waals surface area contributed by atoms with Crippen molar-refractivity contribution in [2.45, 2.75) is 66.0 Å². The SMILES string of the molecule is CCCC[C@H](NC(=O)OC(C(C)C)C(C)C)C(=O)C(=O)Nc1[nH]ncc1C#N. The zero-order chi connectivity index (χ0) is 21.3. The van der Waals surface area contributed by atoms with Gasteiger partial charge in [0.2, 0.25) is 5.78 Å². The van der Waals surface area contributed by atoms with E-state index in [2.05, 4.69) is 20.8 Å². The van der Waals surface area contributed by atoms with Crippen molar-refractivity contribution in [1.82, 2.24) is 15.5 Å². The second kappa shape index (κ2) is 11.1. The van der Waals surface area contributed by atoms with Crippen LogP contribution in [0.3, 0.4) is 0 Å². The Morgan fingerprint density at radius 3 is 2.43 bits per heavy atom. The summed E-state index contributed by atoms with van der Waals surface area (Å²) in [6.45, 7) is 9.73. The van der Waals surface area contributed by atoms with Crippen LogP contribution in [0, 0.1) is 23.2 Å². The highest BCUT2D eigenvalue weighted by Crippen LogP contribution is 2.17. The van der Waals surface area contributed by atoms with Gasteiger partial charge in [-0.2, -0.15) is 10.4 Å². The molecule has 1 atom stereocenters. The maximum absolute atomic E-state index is 12.6. The molecule has 1 aromatic heterocycles. The number of rotatable bonds is 10. The number of hydrogen-bond donors (Lipinski definition) is 3. The molecule has 0 aliphatic carbocycles. The minimum Gasteiger partial charge on any atom is -0.446 e. The van der Waals surface area contributed by atoms with E-state index in [0.717, 1.165) is 6.42 Å². The van der Waals surface area contributed by atoms with Gasteiger partial charge in [0.15, 0.2) is 0 Å². The molecule has 1 rings (SSSR count). The van der Waals surface area contributed by atoms with Crippen LogP contribution in [0.5, 0.6) is 0 Å². The summed E-state index contributed by atoms with van der Waals surface area (Å²) in [6.07, 6.45) is 1.95. The molecule has 28 heavy (non-hydrogen) atoms. The third-order valence-electron chi connectivity index (χ3n) is 4.23. The molecule has 2 amide bonds. The van der Waals surface area contributed by atoms with Gasteiger partial charge in [0.1, 0.15) is 29.6 Å². The van der Waals surface area contributed by atoms with E-state index in [1.807, 2.05) is 40.7 Å². The van der Waals surface area contributed by atoms with Gasteiger partial charge in [-0.25, -0.2) is 4.79 Å². The first-order valence-electron chi connectivity index (χ1n) is 9.47. The van der Waals surface area contributed by atoms with Gasteiger partial charge in [0.25, 0.3) is 5.91 Å². The predicted molar refractivity (Wildman–Crippen MR) is 103 cm³/mol. The molecule has 0 aliphatic heterocycles. The highest BCUT2D eigenvalue weighted by molar-refractivity contribution is 6.42. The topological polar surface area (TPSA) is 137 Å². The predicted octanol–water partition coefficient (Wildman–Crippen LogP) is 2.75. The first kappa shape index (κ1) is 23.1. The minimum absolute atomic E-state index is 0.0392. The van der Waals surface area contributed by atoms with Crippen molar-refractivity contribution in [3.63, 3.8) is 0 Å². The molecule has 0 fully saturated rings. The molecule has 0 bridgehead atoms. The number of H-pyrrole nitrogens is 1. The van der Waals surface area contributed by atoms with E-state index in [1.54, 1.807) is 0 Å². The monoisotopic (exact) mass is 391 g/mol. The van der Waals surface area contributed by atoms with Gasteiger partial charge in [-0.15, -0.1) is 0 Å². The number of alkyl carbamates (subject to hydrolysis) is 1. The fourth-order valence-electron chi connectivity index (χ4n) is 2.82. The number of ether oxygens (including phenoxy) is 1. The number of nitriles is 1. The van der Waals surface area contributed by atoms with Crippen LogP contribution in [-0.4, -0.2) is 40.1 Å². The van der Waals surface area contributed by atoms with Gasteiger partial charge in [-0.3, -0.25) is 14.7 Å². The molecule has 1 heterocycles. The number of unbranched alkanes of at least 4 members (excludes halogenated alkanes) is 1. The van der Waals surface area contributed by atoms with E-state index in [1.165, 1.54) is 6.20 Å². The lowest BCUT2D eigenvalue weighted by atomic mass is 9.96. The van der Waals surface area contributed by atoms with Crippen LogP contribution >= 0.6 is 0 Å². The summed E-state index contributed by atoms with van der Waals surface area (Å²) in [5.74, 6) is -1.48. The average Bonchev–Trinajstić information content (AvgIpc) is 3.08. The number of carbonyl (C=O) groups is 3. The second-order valence-electron chi connectivity index (χ2n) is 7.29. The molecule has 0 aliphatic rings. The zero-order valence-electron chi connectivity index (χ0n) is 17.0. The molecule has 1 aromatic rings. The molecule has 0 saturated heterocycles. The molecule has 9 heteroatoms. The number of aromatic nitrogens is 2. The van der Waals surface area contributed by atoms with Gasteiger partial charge in [0.05, 0.1) is 6.20 Å².